The summed E-state index contributed by atoms with van der Waals surface area (Å²) in [5.74, 6) is 1.87. The van der Waals surface area contributed by atoms with Gasteiger partial charge >= 0.3 is 0 Å². The average Bonchev–Trinajstić information content (AvgIpc) is 2.40. The van der Waals surface area contributed by atoms with E-state index in [0.717, 1.165) is 18.3 Å². The van der Waals surface area contributed by atoms with E-state index in [1.165, 1.54) is 37.8 Å². The number of aromatic nitrogens is 1. The van der Waals surface area contributed by atoms with Crippen molar-refractivity contribution in [2.75, 3.05) is 17.2 Å². The van der Waals surface area contributed by atoms with Gasteiger partial charge < -0.3 is 10.6 Å². The summed E-state index contributed by atoms with van der Waals surface area (Å²) in [7, 11) is 0. The SMILES string of the molecule is CCNc1cc(NC2CCCC(CC)C2)ccn1. The van der Waals surface area contributed by atoms with Crippen LogP contribution in [0.2, 0.25) is 0 Å². The second-order valence-electron chi connectivity index (χ2n) is 5.24. The third-order valence-corrected chi connectivity index (χ3v) is 3.85. The molecule has 1 aliphatic carbocycles. The molecule has 0 bridgehead atoms. The number of rotatable bonds is 5. The molecule has 0 saturated heterocycles. The van der Waals surface area contributed by atoms with Crippen LogP contribution in [0.3, 0.4) is 0 Å². The molecule has 2 N–H and O–H groups in total. The van der Waals surface area contributed by atoms with Gasteiger partial charge in [-0.05, 0) is 31.7 Å². The van der Waals surface area contributed by atoms with Crippen LogP contribution in [0, 0.1) is 5.92 Å². The number of hydrogen-bond donors (Lipinski definition) is 2. The van der Waals surface area contributed by atoms with E-state index in [0.29, 0.717) is 6.04 Å². The molecule has 2 rings (SSSR count). The molecule has 1 saturated carbocycles. The average molecular weight is 247 g/mol. The standard InChI is InChI=1S/C15H25N3/c1-3-12-6-5-7-13(10-12)18-14-8-9-17-15(11-14)16-4-2/h8-9,11-13H,3-7,10H2,1-2H3,(H2,16,17,18). The maximum Gasteiger partial charge on any atom is 0.127 e. The van der Waals surface area contributed by atoms with Gasteiger partial charge in [0.25, 0.3) is 0 Å². The summed E-state index contributed by atoms with van der Waals surface area (Å²) in [5.41, 5.74) is 1.20. The molecule has 0 radical (unpaired) electrons. The molecule has 0 aromatic carbocycles. The molecular weight excluding hydrogens is 222 g/mol. The van der Waals surface area contributed by atoms with E-state index in [2.05, 4.69) is 41.6 Å². The molecule has 3 heteroatoms. The van der Waals surface area contributed by atoms with Gasteiger partial charge in [-0.1, -0.05) is 26.2 Å². The first kappa shape index (κ1) is 13.2. The van der Waals surface area contributed by atoms with Crippen LogP contribution in [-0.4, -0.2) is 17.6 Å². The number of nitrogens with one attached hydrogen (secondary N) is 2. The summed E-state index contributed by atoms with van der Waals surface area (Å²) in [5, 5.41) is 6.92. The molecule has 3 nitrogen and oxygen atoms in total. The van der Waals surface area contributed by atoms with E-state index in [9.17, 15) is 0 Å². The van der Waals surface area contributed by atoms with E-state index in [1.54, 1.807) is 0 Å². The smallest absolute Gasteiger partial charge is 0.127 e. The van der Waals surface area contributed by atoms with E-state index in [-0.39, 0.29) is 0 Å². The monoisotopic (exact) mass is 247 g/mol. The second-order valence-corrected chi connectivity index (χ2v) is 5.24. The Kier molecular flexibility index (Phi) is 4.85. The number of hydrogen-bond acceptors (Lipinski definition) is 3. The van der Waals surface area contributed by atoms with Crippen LogP contribution in [0.5, 0.6) is 0 Å². The van der Waals surface area contributed by atoms with Gasteiger partial charge in [0.2, 0.25) is 0 Å². The topological polar surface area (TPSA) is 37.0 Å². The van der Waals surface area contributed by atoms with Gasteiger partial charge in [-0.15, -0.1) is 0 Å². The molecular formula is C15H25N3. The van der Waals surface area contributed by atoms with Crippen LogP contribution < -0.4 is 10.6 Å². The van der Waals surface area contributed by atoms with Crippen molar-refractivity contribution in [2.45, 2.75) is 52.0 Å². The predicted octanol–water partition coefficient (Wildman–Crippen LogP) is 3.89. The molecule has 2 atom stereocenters. The van der Waals surface area contributed by atoms with Crippen molar-refractivity contribution in [3.8, 4) is 0 Å². The first-order valence-corrected chi connectivity index (χ1v) is 7.28. The second kappa shape index (κ2) is 6.62. The van der Waals surface area contributed by atoms with Crippen LogP contribution in [0.4, 0.5) is 11.5 Å². The maximum absolute atomic E-state index is 4.30. The zero-order chi connectivity index (χ0) is 12.8. The summed E-state index contributed by atoms with van der Waals surface area (Å²) in [6, 6.07) is 4.82. The van der Waals surface area contributed by atoms with E-state index < -0.39 is 0 Å². The van der Waals surface area contributed by atoms with E-state index in [1.807, 2.05) is 6.20 Å². The normalized spacial score (nSPS) is 23.7. The Morgan fingerprint density at radius 2 is 2.22 bits per heavy atom. The molecule has 0 aliphatic heterocycles. The molecule has 0 spiro atoms. The van der Waals surface area contributed by atoms with Crippen LogP contribution in [0.15, 0.2) is 18.3 Å². The fourth-order valence-electron chi connectivity index (χ4n) is 2.83. The Morgan fingerprint density at radius 1 is 1.33 bits per heavy atom. The van der Waals surface area contributed by atoms with Crippen molar-refractivity contribution in [2.24, 2.45) is 5.92 Å². The van der Waals surface area contributed by atoms with Crippen molar-refractivity contribution in [3.63, 3.8) is 0 Å². The highest BCUT2D eigenvalue weighted by atomic mass is 15.0. The van der Waals surface area contributed by atoms with Crippen LogP contribution in [0.25, 0.3) is 0 Å². The molecule has 1 aromatic rings. The Balaban J connectivity index is 1.93. The summed E-state index contributed by atoms with van der Waals surface area (Å²) in [6.45, 7) is 5.31. The van der Waals surface area contributed by atoms with Crippen LogP contribution in [-0.2, 0) is 0 Å². The Labute approximate surface area is 110 Å². The molecule has 18 heavy (non-hydrogen) atoms. The van der Waals surface area contributed by atoms with E-state index in [4.69, 9.17) is 0 Å². The lowest BCUT2D eigenvalue weighted by atomic mass is 9.84. The van der Waals surface area contributed by atoms with Gasteiger partial charge in [0.1, 0.15) is 5.82 Å². The highest BCUT2D eigenvalue weighted by Gasteiger charge is 2.20. The van der Waals surface area contributed by atoms with Gasteiger partial charge in [-0.2, -0.15) is 0 Å². The predicted molar refractivity (Wildman–Crippen MR) is 78.1 cm³/mol. The van der Waals surface area contributed by atoms with Gasteiger partial charge in [0.05, 0.1) is 0 Å². The molecule has 1 heterocycles. The molecule has 1 aliphatic rings. The lowest BCUT2D eigenvalue weighted by Crippen LogP contribution is -2.27. The van der Waals surface area contributed by atoms with E-state index >= 15 is 0 Å². The number of pyridine rings is 1. The largest absolute Gasteiger partial charge is 0.382 e. The Morgan fingerprint density at radius 3 is 3.00 bits per heavy atom. The minimum absolute atomic E-state index is 0.639. The van der Waals surface area contributed by atoms with Gasteiger partial charge in [0, 0.05) is 30.5 Å². The van der Waals surface area contributed by atoms with Crippen molar-refractivity contribution in [1.82, 2.24) is 4.98 Å². The maximum atomic E-state index is 4.30. The molecule has 100 valence electrons. The molecule has 1 fully saturated rings. The third kappa shape index (κ3) is 3.62. The fraction of sp³-hybridized carbons (Fsp3) is 0.667. The Hall–Kier alpha value is -1.25. The minimum Gasteiger partial charge on any atom is -0.382 e. The quantitative estimate of drug-likeness (QED) is 0.828. The third-order valence-electron chi connectivity index (χ3n) is 3.85. The minimum atomic E-state index is 0.639. The first-order chi connectivity index (χ1) is 8.81. The van der Waals surface area contributed by atoms with Crippen molar-refractivity contribution < 1.29 is 0 Å². The summed E-state index contributed by atoms with van der Waals surface area (Å²) in [4.78, 5) is 4.30. The highest BCUT2D eigenvalue weighted by Crippen LogP contribution is 2.28. The zero-order valence-corrected chi connectivity index (χ0v) is 11.6. The lowest BCUT2D eigenvalue weighted by Gasteiger charge is -2.29. The van der Waals surface area contributed by atoms with Crippen LogP contribution >= 0.6 is 0 Å². The number of anilines is 2. The highest BCUT2D eigenvalue weighted by molar-refractivity contribution is 5.52. The zero-order valence-electron chi connectivity index (χ0n) is 11.6. The summed E-state index contributed by atoms with van der Waals surface area (Å²) in [6.07, 6.45) is 8.58. The molecule has 0 amide bonds. The molecule has 2 unspecified atom stereocenters. The fourth-order valence-corrected chi connectivity index (χ4v) is 2.83. The first-order valence-electron chi connectivity index (χ1n) is 7.28. The van der Waals surface area contributed by atoms with Crippen molar-refractivity contribution >= 4 is 11.5 Å². The van der Waals surface area contributed by atoms with Gasteiger partial charge in [-0.3, -0.25) is 0 Å². The van der Waals surface area contributed by atoms with Crippen LogP contribution in [0.1, 0.15) is 46.0 Å². The van der Waals surface area contributed by atoms with Gasteiger partial charge in [0.15, 0.2) is 0 Å². The summed E-state index contributed by atoms with van der Waals surface area (Å²) < 4.78 is 0. The number of nitrogens with zero attached hydrogens (tertiary/aromatic N) is 1. The lowest BCUT2D eigenvalue weighted by molar-refractivity contribution is 0.327. The Bertz CT molecular complexity index is 365. The molecule has 1 aromatic heterocycles. The summed E-state index contributed by atoms with van der Waals surface area (Å²) >= 11 is 0. The van der Waals surface area contributed by atoms with Crippen molar-refractivity contribution in [3.05, 3.63) is 18.3 Å². The van der Waals surface area contributed by atoms with Crippen molar-refractivity contribution in [1.29, 1.82) is 0 Å². The van der Waals surface area contributed by atoms with Gasteiger partial charge in [-0.25, -0.2) is 4.98 Å².